The molecule has 1 aromatic rings. The second kappa shape index (κ2) is 7.85. The average molecular weight is 381 g/mol. The quantitative estimate of drug-likeness (QED) is 0.737. The zero-order valence-corrected chi connectivity index (χ0v) is 15.6. The zero-order chi connectivity index (χ0) is 18.7. The van der Waals surface area contributed by atoms with Crippen LogP contribution in [0.4, 0.5) is 0 Å². The summed E-state index contributed by atoms with van der Waals surface area (Å²) < 4.78 is 37.7. The average Bonchev–Trinajstić information content (AvgIpc) is 2.64. The van der Waals surface area contributed by atoms with Gasteiger partial charge in [0, 0.05) is 19.5 Å². The molecule has 1 saturated heterocycles. The highest BCUT2D eigenvalue weighted by atomic mass is 32.2. The van der Waals surface area contributed by atoms with E-state index in [-0.39, 0.29) is 29.3 Å². The Labute approximate surface area is 153 Å². The number of carbonyl (C=O) groups is 2. The summed E-state index contributed by atoms with van der Waals surface area (Å²) in [5.74, 6) is -0.735. The fourth-order valence-corrected chi connectivity index (χ4v) is 4.86. The number of sulfonamides is 1. The van der Waals surface area contributed by atoms with Crippen molar-refractivity contribution >= 4 is 21.8 Å². The first-order chi connectivity index (χ1) is 12.4. The van der Waals surface area contributed by atoms with Crippen molar-refractivity contribution in [1.29, 1.82) is 0 Å². The highest BCUT2D eigenvalue weighted by Gasteiger charge is 2.30. The van der Waals surface area contributed by atoms with E-state index in [1.54, 1.807) is 13.0 Å². The van der Waals surface area contributed by atoms with Crippen LogP contribution in [0.1, 0.15) is 41.6 Å². The normalized spacial score (nSPS) is 22.2. The Morgan fingerprint density at radius 1 is 1.23 bits per heavy atom. The van der Waals surface area contributed by atoms with Crippen molar-refractivity contribution in [3.05, 3.63) is 29.3 Å². The number of ketones is 1. The molecule has 8 heteroatoms. The monoisotopic (exact) mass is 381 g/mol. The fraction of sp³-hybridized carbons (Fsp3) is 0.556. The van der Waals surface area contributed by atoms with Gasteiger partial charge in [-0.25, -0.2) is 13.2 Å². The summed E-state index contributed by atoms with van der Waals surface area (Å²) in [4.78, 5) is 24.4. The molecule has 1 heterocycles. The van der Waals surface area contributed by atoms with Crippen LogP contribution in [0.2, 0.25) is 0 Å². The third kappa shape index (κ3) is 3.97. The van der Waals surface area contributed by atoms with Crippen LogP contribution < -0.4 is 0 Å². The molecule has 0 spiro atoms. The lowest BCUT2D eigenvalue weighted by molar-refractivity contribution is -0.129. The van der Waals surface area contributed by atoms with E-state index in [0.29, 0.717) is 31.6 Å². The molecule has 2 aliphatic rings. The lowest BCUT2D eigenvalue weighted by atomic mass is 9.96. The first kappa shape index (κ1) is 19.0. The first-order valence-corrected chi connectivity index (χ1v) is 10.3. The second-order valence-corrected chi connectivity index (χ2v) is 8.51. The number of nitrogens with zero attached hydrogens (tertiary/aromatic N) is 1. The number of carbonyl (C=O) groups excluding carboxylic acids is 2. The van der Waals surface area contributed by atoms with E-state index < -0.39 is 22.1 Å². The van der Waals surface area contributed by atoms with Crippen LogP contribution in [-0.2, 0) is 24.3 Å². The maximum Gasteiger partial charge on any atom is 0.338 e. The van der Waals surface area contributed by atoms with Crippen molar-refractivity contribution in [3.8, 4) is 0 Å². The number of esters is 1. The van der Waals surface area contributed by atoms with Crippen LogP contribution in [0.3, 0.4) is 0 Å². The lowest BCUT2D eigenvalue weighted by Gasteiger charge is -2.27. The van der Waals surface area contributed by atoms with Crippen LogP contribution >= 0.6 is 0 Å². The molecule has 1 aliphatic carbocycles. The Bertz CT molecular complexity index is 798. The highest BCUT2D eigenvalue weighted by molar-refractivity contribution is 7.89. The van der Waals surface area contributed by atoms with Crippen LogP contribution in [0.5, 0.6) is 0 Å². The number of ether oxygens (including phenoxy) is 2. The standard InChI is InChI=1S/C18H23NO6S/c1-13-6-7-14(18(21)25-16-5-3-2-4-15(16)20)12-17(13)26(22,23)19-8-10-24-11-9-19/h6-7,12,16H,2-5,8-11H2,1H3/t16-/m0/s1. The molecule has 2 fully saturated rings. The van der Waals surface area contributed by atoms with Gasteiger partial charge in [-0.05, 0) is 43.9 Å². The molecule has 0 unspecified atom stereocenters. The van der Waals surface area contributed by atoms with Gasteiger partial charge in [0.05, 0.1) is 23.7 Å². The van der Waals surface area contributed by atoms with Crippen LogP contribution in [0, 0.1) is 6.92 Å². The minimum atomic E-state index is -3.71. The van der Waals surface area contributed by atoms with Crippen LogP contribution in [0.15, 0.2) is 23.1 Å². The molecule has 0 amide bonds. The minimum Gasteiger partial charge on any atom is -0.451 e. The van der Waals surface area contributed by atoms with Crippen molar-refractivity contribution < 1.29 is 27.5 Å². The number of Topliss-reactive ketones (excluding diaryl/α,β-unsaturated/α-hetero) is 1. The molecule has 1 aliphatic heterocycles. The Kier molecular flexibility index (Phi) is 5.74. The Morgan fingerprint density at radius 2 is 1.96 bits per heavy atom. The molecule has 1 saturated carbocycles. The number of rotatable bonds is 4. The molecule has 0 N–H and O–H groups in total. The first-order valence-electron chi connectivity index (χ1n) is 8.82. The third-order valence-corrected chi connectivity index (χ3v) is 6.80. The SMILES string of the molecule is Cc1ccc(C(=O)O[C@H]2CCCCC2=O)cc1S(=O)(=O)N1CCOCC1. The summed E-state index contributed by atoms with van der Waals surface area (Å²) >= 11 is 0. The van der Waals surface area contributed by atoms with Gasteiger partial charge in [0.2, 0.25) is 10.0 Å². The molecule has 0 bridgehead atoms. The zero-order valence-electron chi connectivity index (χ0n) is 14.8. The maximum atomic E-state index is 12.9. The number of hydrogen-bond donors (Lipinski definition) is 0. The van der Waals surface area contributed by atoms with E-state index in [9.17, 15) is 18.0 Å². The van der Waals surface area contributed by atoms with Gasteiger partial charge < -0.3 is 9.47 Å². The van der Waals surface area contributed by atoms with Gasteiger partial charge in [-0.2, -0.15) is 4.31 Å². The topological polar surface area (TPSA) is 90.0 Å². The van der Waals surface area contributed by atoms with Crippen molar-refractivity contribution in [2.45, 2.75) is 43.6 Å². The minimum absolute atomic E-state index is 0.0714. The van der Waals surface area contributed by atoms with Gasteiger partial charge in [-0.15, -0.1) is 0 Å². The number of hydrogen-bond acceptors (Lipinski definition) is 6. The molecular formula is C18H23NO6S. The molecule has 26 heavy (non-hydrogen) atoms. The predicted molar refractivity (Wildman–Crippen MR) is 93.4 cm³/mol. The van der Waals surface area contributed by atoms with Crippen LogP contribution in [0.25, 0.3) is 0 Å². The van der Waals surface area contributed by atoms with Crippen LogP contribution in [-0.4, -0.2) is 56.9 Å². The van der Waals surface area contributed by atoms with E-state index in [2.05, 4.69) is 0 Å². The third-order valence-electron chi connectivity index (χ3n) is 4.76. The molecule has 3 rings (SSSR count). The summed E-state index contributed by atoms with van der Waals surface area (Å²) in [6.07, 6.45) is 1.88. The summed E-state index contributed by atoms with van der Waals surface area (Å²) in [5.41, 5.74) is 0.697. The maximum absolute atomic E-state index is 12.9. The Balaban J connectivity index is 1.82. The summed E-state index contributed by atoms with van der Waals surface area (Å²) in [5, 5.41) is 0. The van der Waals surface area contributed by atoms with E-state index >= 15 is 0 Å². The number of benzene rings is 1. The van der Waals surface area contributed by atoms with Gasteiger partial charge in [-0.1, -0.05) is 6.07 Å². The van der Waals surface area contributed by atoms with Gasteiger partial charge in [-0.3, -0.25) is 4.79 Å². The van der Waals surface area contributed by atoms with Gasteiger partial charge in [0.15, 0.2) is 11.9 Å². The van der Waals surface area contributed by atoms with Crippen molar-refractivity contribution in [1.82, 2.24) is 4.31 Å². The smallest absolute Gasteiger partial charge is 0.338 e. The van der Waals surface area contributed by atoms with Gasteiger partial charge in [0.1, 0.15) is 0 Å². The second-order valence-electron chi connectivity index (χ2n) is 6.60. The van der Waals surface area contributed by atoms with E-state index in [1.807, 2.05) is 0 Å². The largest absolute Gasteiger partial charge is 0.451 e. The van der Waals surface area contributed by atoms with Crippen molar-refractivity contribution in [2.75, 3.05) is 26.3 Å². The Morgan fingerprint density at radius 3 is 2.65 bits per heavy atom. The number of morpholine rings is 1. The molecule has 0 aromatic heterocycles. The lowest BCUT2D eigenvalue weighted by Crippen LogP contribution is -2.40. The highest BCUT2D eigenvalue weighted by Crippen LogP contribution is 2.24. The van der Waals surface area contributed by atoms with E-state index in [1.165, 1.54) is 16.4 Å². The van der Waals surface area contributed by atoms with E-state index in [0.717, 1.165) is 12.8 Å². The van der Waals surface area contributed by atoms with Crippen molar-refractivity contribution in [3.63, 3.8) is 0 Å². The molecule has 0 radical (unpaired) electrons. The van der Waals surface area contributed by atoms with Gasteiger partial charge >= 0.3 is 5.97 Å². The summed E-state index contributed by atoms with van der Waals surface area (Å²) in [7, 11) is -3.71. The molecule has 1 atom stereocenters. The summed E-state index contributed by atoms with van der Waals surface area (Å²) in [6, 6.07) is 4.46. The summed E-state index contributed by atoms with van der Waals surface area (Å²) in [6.45, 7) is 2.96. The molecule has 1 aromatic carbocycles. The van der Waals surface area contributed by atoms with Crippen molar-refractivity contribution in [2.24, 2.45) is 0 Å². The van der Waals surface area contributed by atoms with E-state index in [4.69, 9.17) is 9.47 Å². The predicted octanol–water partition coefficient (Wildman–Crippen LogP) is 1.68. The van der Waals surface area contributed by atoms with Gasteiger partial charge in [0.25, 0.3) is 0 Å². The Hall–Kier alpha value is -1.77. The fourth-order valence-electron chi connectivity index (χ4n) is 3.20. The molecule has 7 nitrogen and oxygen atoms in total. The molecular weight excluding hydrogens is 358 g/mol. The number of aryl methyl sites for hydroxylation is 1. The molecule has 142 valence electrons.